The lowest BCUT2D eigenvalue weighted by Gasteiger charge is -2.53. The molecule has 0 aromatic carbocycles. The molecule has 0 bridgehead atoms. The zero-order valence-corrected chi connectivity index (χ0v) is 15.1. The number of pyridine rings is 1. The second-order valence-electron chi connectivity index (χ2n) is 7.34. The molecule has 3 atom stereocenters. The Morgan fingerprint density at radius 3 is 2.89 bits per heavy atom. The van der Waals surface area contributed by atoms with Crippen LogP contribution in [0.4, 0.5) is 5.82 Å². The first-order chi connectivity index (χ1) is 13.2. The van der Waals surface area contributed by atoms with Crippen molar-refractivity contribution in [3.8, 4) is 28.5 Å². The van der Waals surface area contributed by atoms with Gasteiger partial charge in [0.1, 0.15) is 5.82 Å². The number of piperidine rings is 1. The standard InChI is InChI=1S/C20H21N7/c1-26-11-16(10-25-26)17-6-15(9-23-17)14-2-3-19(24-8-14)27-12-18-20(27)13(7-21)4-5-22-18/h2-3,6,8-11,13,18,20,22-23H,4-5,12H2,1H3/t13-,18+,20+/m1/s1. The molecule has 7 nitrogen and oxygen atoms in total. The number of fused-ring (bicyclic) bond motifs is 1. The minimum atomic E-state index is 0.0817. The molecule has 5 heterocycles. The molecule has 0 amide bonds. The van der Waals surface area contributed by atoms with E-state index in [0.717, 1.165) is 47.7 Å². The molecule has 136 valence electrons. The van der Waals surface area contributed by atoms with E-state index in [9.17, 15) is 5.26 Å². The molecule has 3 aromatic rings. The molecule has 27 heavy (non-hydrogen) atoms. The van der Waals surface area contributed by atoms with Gasteiger partial charge >= 0.3 is 0 Å². The highest BCUT2D eigenvalue weighted by molar-refractivity contribution is 5.71. The van der Waals surface area contributed by atoms with E-state index in [1.807, 2.05) is 31.8 Å². The summed E-state index contributed by atoms with van der Waals surface area (Å²) in [6, 6.07) is 9.40. The van der Waals surface area contributed by atoms with E-state index in [1.165, 1.54) is 0 Å². The largest absolute Gasteiger partial charge is 0.360 e. The predicted molar refractivity (Wildman–Crippen MR) is 103 cm³/mol. The lowest BCUT2D eigenvalue weighted by molar-refractivity contribution is 0.215. The average Bonchev–Trinajstić information content (AvgIpc) is 3.32. The van der Waals surface area contributed by atoms with Crippen molar-refractivity contribution >= 4 is 5.82 Å². The summed E-state index contributed by atoms with van der Waals surface area (Å²) in [6.45, 7) is 1.86. The SMILES string of the molecule is Cn1cc(-c2cc(-c3ccc(N4C[C@@H]5NCC[C@H](C#N)[C@@H]54)nc3)c[nH]2)cn1. The minimum Gasteiger partial charge on any atom is -0.360 e. The van der Waals surface area contributed by atoms with Crippen LogP contribution in [0.1, 0.15) is 6.42 Å². The van der Waals surface area contributed by atoms with Crippen LogP contribution in [0, 0.1) is 17.2 Å². The Balaban J connectivity index is 1.35. The van der Waals surface area contributed by atoms with Crippen molar-refractivity contribution in [2.75, 3.05) is 18.0 Å². The van der Waals surface area contributed by atoms with Crippen molar-refractivity contribution < 1.29 is 0 Å². The van der Waals surface area contributed by atoms with Gasteiger partial charge in [-0.25, -0.2) is 4.98 Å². The molecule has 0 saturated carbocycles. The van der Waals surface area contributed by atoms with E-state index < -0.39 is 0 Å². The van der Waals surface area contributed by atoms with Crippen LogP contribution in [0.2, 0.25) is 0 Å². The maximum atomic E-state index is 9.43. The van der Waals surface area contributed by atoms with E-state index in [4.69, 9.17) is 0 Å². The third-order valence-electron chi connectivity index (χ3n) is 5.68. The van der Waals surface area contributed by atoms with Gasteiger partial charge in [0.2, 0.25) is 0 Å². The van der Waals surface area contributed by atoms with Crippen molar-refractivity contribution in [3.63, 3.8) is 0 Å². The van der Waals surface area contributed by atoms with Gasteiger partial charge in [-0.2, -0.15) is 10.4 Å². The molecule has 2 aliphatic rings. The Morgan fingerprint density at radius 1 is 1.22 bits per heavy atom. The van der Waals surface area contributed by atoms with Gasteiger partial charge in [0.25, 0.3) is 0 Å². The number of aryl methyl sites for hydroxylation is 1. The summed E-state index contributed by atoms with van der Waals surface area (Å²) in [5.41, 5.74) is 4.27. The van der Waals surface area contributed by atoms with Gasteiger partial charge in [-0.1, -0.05) is 0 Å². The molecule has 2 fully saturated rings. The van der Waals surface area contributed by atoms with Gasteiger partial charge < -0.3 is 15.2 Å². The van der Waals surface area contributed by atoms with Crippen molar-refractivity contribution in [2.24, 2.45) is 13.0 Å². The van der Waals surface area contributed by atoms with Crippen LogP contribution in [-0.4, -0.2) is 44.9 Å². The molecule has 2 aliphatic heterocycles. The van der Waals surface area contributed by atoms with Gasteiger partial charge in [0.15, 0.2) is 0 Å². The first-order valence-electron chi connectivity index (χ1n) is 9.26. The zero-order valence-electron chi connectivity index (χ0n) is 15.1. The molecule has 0 aliphatic carbocycles. The van der Waals surface area contributed by atoms with Crippen LogP contribution in [0.5, 0.6) is 0 Å². The van der Waals surface area contributed by atoms with Crippen LogP contribution in [0.25, 0.3) is 22.4 Å². The van der Waals surface area contributed by atoms with Crippen LogP contribution < -0.4 is 10.2 Å². The summed E-state index contributed by atoms with van der Waals surface area (Å²) in [4.78, 5) is 10.2. The Hall–Kier alpha value is -3.11. The first kappa shape index (κ1) is 16.1. The number of anilines is 1. The normalized spacial score (nSPS) is 24.1. The summed E-state index contributed by atoms with van der Waals surface area (Å²) in [5, 5.41) is 17.2. The summed E-state index contributed by atoms with van der Waals surface area (Å²) < 4.78 is 1.79. The van der Waals surface area contributed by atoms with Gasteiger partial charge in [0.05, 0.1) is 24.2 Å². The monoisotopic (exact) mass is 359 g/mol. The smallest absolute Gasteiger partial charge is 0.128 e. The molecule has 0 unspecified atom stereocenters. The number of nitrogens with one attached hydrogen (secondary N) is 2. The quantitative estimate of drug-likeness (QED) is 0.749. The van der Waals surface area contributed by atoms with Crippen LogP contribution in [-0.2, 0) is 7.05 Å². The van der Waals surface area contributed by atoms with Crippen molar-refractivity contribution in [3.05, 3.63) is 43.0 Å². The maximum Gasteiger partial charge on any atom is 0.128 e. The van der Waals surface area contributed by atoms with Gasteiger partial charge in [-0.15, -0.1) is 0 Å². The second kappa shape index (κ2) is 6.25. The number of hydrogen-bond acceptors (Lipinski definition) is 5. The van der Waals surface area contributed by atoms with Crippen LogP contribution in [0.15, 0.2) is 43.0 Å². The van der Waals surface area contributed by atoms with E-state index in [-0.39, 0.29) is 12.0 Å². The molecular formula is C20H21N7. The summed E-state index contributed by atoms with van der Waals surface area (Å²) >= 11 is 0. The number of aromatic amines is 1. The van der Waals surface area contributed by atoms with E-state index in [2.05, 4.69) is 49.6 Å². The summed E-state index contributed by atoms with van der Waals surface area (Å²) in [6.07, 6.45) is 8.65. The molecule has 3 aromatic heterocycles. The van der Waals surface area contributed by atoms with Crippen LogP contribution >= 0.6 is 0 Å². The van der Waals surface area contributed by atoms with E-state index >= 15 is 0 Å². The first-order valence-corrected chi connectivity index (χ1v) is 9.26. The van der Waals surface area contributed by atoms with Crippen molar-refractivity contribution in [2.45, 2.75) is 18.5 Å². The Bertz CT molecular complexity index is 994. The van der Waals surface area contributed by atoms with E-state index in [1.54, 1.807) is 4.68 Å². The highest BCUT2D eigenvalue weighted by Gasteiger charge is 2.46. The fourth-order valence-corrected chi connectivity index (χ4v) is 4.20. The third kappa shape index (κ3) is 2.69. The fraction of sp³-hybridized carbons (Fsp3) is 0.350. The molecular weight excluding hydrogens is 338 g/mol. The van der Waals surface area contributed by atoms with Crippen molar-refractivity contribution in [1.29, 1.82) is 5.26 Å². The number of nitriles is 1. The summed E-state index contributed by atoms with van der Waals surface area (Å²) in [7, 11) is 1.91. The van der Waals surface area contributed by atoms with Crippen molar-refractivity contribution in [1.82, 2.24) is 25.1 Å². The molecule has 7 heteroatoms. The molecule has 5 rings (SSSR count). The molecule has 0 radical (unpaired) electrons. The fourth-order valence-electron chi connectivity index (χ4n) is 4.20. The maximum absolute atomic E-state index is 9.43. The van der Waals surface area contributed by atoms with Gasteiger partial charge in [-0.3, -0.25) is 4.68 Å². The topological polar surface area (TPSA) is 85.6 Å². The number of aromatic nitrogens is 4. The number of H-pyrrole nitrogens is 1. The Labute approximate surface area is 157 Å². The number of rotatable bonds is 3. The lowest BCUT2D eigenvalue weighted by Crippen LogP contribution is -2.71. The summed E-state index contributed by atoms with van der Waals surface area (Å²) in [5.74, 6) is 1.03. The zero-order chi connectivity index (χ0) is 18.4. The predicted octanol–water partition coefficient (Wildman–Crippen LogP) is 2.17. The minimum absolute atomic E-state index is 0.0817. The third-order valence-corrected chi connectivity index (χ3v) is 5.68. The van der Waals surface area contributed by atoms with Crippen LogP contribution in [0.3, 0.4) is 0 Å². The van der Waals surface area contributed by atoms with E-state index in [0.29, 0.717) is 6.04 Å². The lowest BCUT2D eigenvalue weighted by atomic mass is 9.80. The average molecular weight is 359 g/mol. The second-order valence-corrected chi connectivity index (χ2v) is 7.34. The Kier molecular flexibility index (Phi) is 3.73. The highest BCUT2D eigenvalue weighted by atomic mass is 15.3. The molecule has 2 saturated heterocycles. The van der Waals surface area contributed by atoms with Gasteiger partial charge in [-0.05, 0) is 31.2 Å². The molecule has 0 spiro atoms. The highest BCUT2D eigenvalue weighted by Crippen LogP contribution is 2.34. The number of hydrogen-bond donors (Lipinski definition) is 2. The Morgan fingerprint density at radius 2 is 2.15 bits per heavy atom. The number of nitrogens with zero attached hydrogens (tertiary/aromatic N) is 5. The van der Waals surface area contributed by atoms with Gasteiger partial charge in [0, 0.05) is 60.6 Å². The molecule has 2 N–H and O–H groups in total.